The average molecular weight is 483 g/mol. The highest BCUT2D eigenvalue weighted by molar-refractivity contribution is 6.00. The first-order valence-electron chi connectivity index (χ1n) is 12.5. The van der Waals surface area contributed by atoms with Gasteiger partial charge in [0.15, 0.2) is 0 Å². The summed E-state index contributed by atoms with van der Waals surface area (Å²) in [7, 11) is 0. The Morgan fingerprint density at radius 1 is 1.00 bits per heavy atom. The van der Waals surface area contributed by atoms with Gasteiger partial charge < -0.3 is 9.64 Å². The number of amides is 1. The third-order valence-corrected chi connectivity index (χ3v) is 7.05. The second-order valence-corrected chi connectivity index (χ2v) is 9.35. The Balaban J connectivity index is 1.80. The van der Waals surface area contributed by atoms with Gasteiger partial charge in [0.2, 0.25) is 0 Å². The van der Waals surface area contributed by atoms with Gasteiger partial charge in [-0.05, 0) is 36.5 Å². The van der Waals surface area contributed by atoms with E-state index in [9.17, 15) is 9.59 Å². The summed E-state index contributed by atoms with van der Waals surface area (Å²) in [6.07, 6.45) is 0.861. The Bertz CT molecular complexity index is 1220. The number of fused-ring (bicyclic) bond motifs is 1. The molecule has 0 aromatic heterocycles. The van der Waals surface area contributed by atoms with Crippen LogP contribution in [0.1, 0.15) is 60.2 Å². The van der Waals surface area contributed by atoms with Crippen molar-refractivity contribution in [2.75, 3.05) is 13.2 Å². The molecule has 1 aliphatic heterocycles. The first-order valence-corrected chi connectivity index (χ1v) is 12.5. The zero-order valence-corrected chi connectivity index (χ0v) is 21.2. The van der Waals surface area contributed by atoms with Gasteiger partial charge in [0.25, 0.3) is 5.91 Å². The molecule has 1 heterocycles. The quantitative estimate of drug-likeness (QED) is 0.300. The number of carbonyl (C=O) groups excluding carboxylic acids is 2. The van der Waals surface area contributed by atoms with Crippen molar-refractivity contribution < 1.29 is 14.3 Å². The molecule has 0 radical (unpaired) electrons. The number of carbonyl (C=O) groups is 2. The predicted octanol–water partition coefficient (Wildman–Crippen LogP) is 5.63. The molecule has 1 unspecified atom stereocenters. The van der Waals surface area contributed by atoms with Crippen molar-refractivity contribution in [3.05, 3.63) is 119 Å². The van der Waals surface area contributed by atoms with Crippen molar-refractivity contribution >= 4 is 11.9 Å². The van der Waals surface area contributed by atoms with E-state index in [0.717, 1.165) is 17.5 Å². The highest BCUT2D eigenvalue weighted by atomic mass is 16.5. The Labute approximate surface area is 213 Å². The van der Waals surface area contributed by atoms with Crippen molar-refractivity contribution in [3.63, 3.8) is 0 Å². The van der Waals surface area contributed by atoms with Gasteiger partial charge in [0, 0.05) is 22.7 Å². The number of rotatable bonds is 10. The maximum absolute atomic E-state index is 13.8. The van der Waals surface area contributed by atoms with E-state index in [1.807, 2.05) is 53.4 Å². The first kappa shape index (κ1) is 25.4. The van der Waals surface area contributed by atoms with Crippen molar-refractivity contribution in [3.8, 4) is 0 Å². The molecule has 0 bridgehead atoms. The van der Waals surface area contributed by atoms with Crippen molar-refractivity contribution in [1.29, 1.82) is 0 Å². The lowest BCUT2D eigenvalue weighted by Crippen LogP contribution is -2.59. The molecule has 5 nitrogen and oxygen atoms in total. The molecule has 3 aromatic carbocycles. The SMILES string of the molecule is C=C(C)C(=O)OCCN1C(=O)c2ccccc2C1(N[C@@H](CC)[C@@H](C)c1ccccc1)c1ccccc1. The molecule has 36 heavy (non-hydrogen) atoms. The molecule has 0 aliphatic carbocycles. The van der Waals surface area contributed by atoms with Crippen LogP contribution in [-0.2, 0) is 15.2 Å². The summed E-state index contributed by atoms with van der Waals surface area (Å²) in [5, 5.41) is 3.94. The Morgan fingerprint density at radius 3 is 2.25 bits per heavy atom. The number of ether oxygens (including phenoxy) is 1. The summed E-state index contributed by atoms with van der Waals surface area (Å²) in [4.78, 5) is 27.7. The van der Waals surface area contributed by atoms with Crippen LogP contribution < -0.4 is 5.32 Å². The van der Waals surface area contributed by atoms with Gasteiger partial charge in [-0.2, -0.15) is 0 Å². The topological polar surface area (TPSA) is 58.6 Å². The normalized spacial score (nSPS) is 18.4. The predicted molar refractivity (Wildman–Crippen MR) is 143 cm³/mol. The fraction of sp³-hybridized carbons (Fsp3) is 0.290. The first-order chi connectivity index (χ1) is 17.4. The number of esters is 1. The molecule has 0 fully saturated rings. The van der Waals surface area contributed by atoms with Crippen LogP contribution in [0.25, 0.3) is 0 Å². The van der Waals surface area contributed by atoms with Crippen LogP contribution in [0, 0.1) is 0 Å². The Hall–Kier alpha value is -3.70. The molecule has 3 aromatic rings. The standard InChI is InChI=1S/C31H34N2O3/c1-5-28(23(4)24-14-8-6-9-15-24)32-31(25-16-10-7-11-17-25)27-19-13-12-18-26(27)29(34)33(31)20-21-36-30(35)22(2)3/h6-19,23,28,32H,2,5,20-21H2,1,3-4H3/t23-,28-,31?/m0/s1. The van der Waals surface area contributed by atoms with Crippen molar-refractivity contribution in [2.45, 2.75) is 44.8 Å². The minimum Gasteiger partial charge on any atom is -0.460 e. The van der Waals surface area contributed by atoms with Crippen molar-refractivity contribution in [1.82, 2.24) is 10.2 Å². The molecular formula is C31H34N2O3. The summed E-state index contributed by atoms with van der Waals surface area (Å²) < 4.78 is 5.43. The summed E-state index contributed by atoms with van der Waals surface area (Å²) in [5.41, 5.74) is 3.19. The molecule has 186 valence electrons. The molecular weight excluding hydrogens is 448 g/mol. The van der Waals surface area contributed by atoms with E-state index in [1.54, 1.807) is 6.92 Å². The van der Waals surface area contributed by atoms with Crippen LogP contribution in [0.15, 0.2) is 97.1 Å². The molecule has 3 atom stereocenters. The lowest BCUT2D eigenvalue weighted by molar-refractivity contribution is -0.139. The smallest absolute Gasteiger partial charge is 0.333 e. The number of hydrogen-bond donors (Lipinski definition) is 1. The van der Waals surface area contributed by atoms with Gasteiger partial charge in [-0.15, -0.1) is 0 Å². The summed E-state index contributed by atoms with van der Waals surface area (Å²) in [6.45, 7) is 9.98. The monoisotopic (exact) mass is 482 g/mol. The lowest BCUT2D eigenvalue weighted by Gasteiger charge is -2.44. The second-order valence-electron chi connectivity index (χ2n) is 9.35. The molecule has 1 amide bonds. The van der Waals surface area contributed by atoms with Gasteiger partial charge in [0.1, 0.15) is 12.3 Å². The average Bonchev–Trinajstić information content (AvgIpc) is 3.15. The lowest BCUT2D eigenvalue weighted by atomic mass is 9.85. The zero-order valence-electron chi connectivity index (χ0n) is 21.2. The number of nitrogens with zero attached hydrogens (tertiary/aromatic N) is 1. The van der Waals surface area contributed by atoms with Crippen LogP contribution in [0.5, 0.6) is 0 Å². The third-order valence-electron chi connectivity index (χ3n) is 7.05. The van der Waals surface area contributed by atoms with Gasteiger partial charge in [-0.1, -0.05) is 99.3 Å². The van der Waals surface area contributed by atoms with E-state index in [0.29, 0.717) is 11.1 Å². The van der Waals surface area contributed by atoms with E-state index in [1.165, 1.54) is 5.56 Å². The van der Waals surface area contributed by atoms with E-state index >= 15 is 0 Å². The highest BCUT2D eigenvalue weighted by Crippen LogP contribution is 2.43. The minimum atomic E-state index is -0.908. The molecule has 1 aliphatic rings. The van der Waals surface area contributed by atoms with Gasteiger partial charge >= 0.3 is 5.97 Å². The Morgan fingerprint density at radius 2 is 1.61 bits per heavy atom. The van der Waals surface area contributed by atoms with Crippen molar-refractivity contribution in [2.24, 2.45) is 0 Å². The number of benzene rings is 3. The third kappa shape index (κ3) is 4.71. The molecule has 0 saturated carbocycles. The highest BCUT2D eigenvalue weighted by Gasteiger charge is 2.51. The number of hydrogen-bond acceptors (Lipinski definition) is 4. The fourth-order valence-corrected chi connectivity index (χ4v) is 5.12. The van der Waals surface area contributed by atoms with Gasteiger partial charge in [-0.25, -0.2) is 4.79 Å². The van der Waals surface area contributed by atoms with Gasteiger partial charge in [0.05, 0.1) is 6.54 Å². The van der Waals surface area contributed by atoms with Crippen LogP contribution in [-0.4, -0.2) is 36.0 Å². The maximum Gasteiger partial charge on any atom is 0.333 e. The van der Waals surface area contributed by atoms with E-state index < -0.39 is 11.6 Å². The summed E-state index contributed by atoms with van der Waals surface area (Å²) in [6, 6.07) is 28.3. The van der Waals surface area contributed by atoms with Crippen LogP contribution in [0.2, 0.25) is 0 Å². The van der Waals surface area contributed by atoms with E-state index in [2.05, 4.69) is 62.1 Å². The molecule has 5 heteroatoms. The molecule has 0 spiro atoms. The van der Waals surface area contributed by atoms with Crippen LogP contribution >= 0.6 is 0 Å². The minimum absolute atomic E-state index is 0.0621. The summed E-state index contributed by atoms with van der Waals surface area (Å²) in [5.74, 6) is -0.347. The zero-order chi connectivity index (χ0) is 25.7. The molecule has 0 saturated heterocycles. The number of nitrogens with one attached hydrogen (secondary N) is 1. The fourth-order valence-electron chi connectivity index (χ4n) is 5.12. The Kier molecular flexibility index (Phi) is 7.70. The van der Waals surface area contributed by atoms with Crippen LogP contribution in [0.3, 0.4) is 0 Å². The van der Waals surface area contributed by atoms with Crippen LogP contribution in [0.4, 0.5) is 0 Å². The van der Waals surface area contributed by atoms with E-state index in [-0.39, 0.29) is 31.0 Å². The largest absolute Gasteiger partial charge is 0.460 e. The molecule has 4 rings (SSSR count). The molecule has 1 N–H and O–H groups in total. The van der Waals surface area contributed by atoms with Gasteiger partial charge in [-0.3, -0.25) is 10.1 Å². The maximum atomic E-state index is 13.8. The summed E-state index contributed by atoms with van der Waals surface area (Å²) >= 11 is 0. The second kappa shape index (κ2) is 10.9. The van der Waals surface area contributed by atoms with E-state index in [4.69, 9.17) is 4.74 Å².